The number of halogens is 1. The van der Waals surface area contributed by atoms with Crippen molar-refractivity contribution in [2.45, 2.75) is 13.0 Å². The van der Waals surface area contributed by atoms with Gasteiger partial charge < -0.3 is 14.4 Å². The number of hydrogen-bond donors (Lipinski definition) is 0. The second-order valence-electron chi connectivity index (χ2n) is 6.43. The van der Waals surface area contributed by atoms with Crippen molar-refractivity contribution in [2.24, 2.45) is 0 Å². The van der Waals surface area contributed by atoms with E-state index in [1.54, 1.807) is 19.5 Å². The molecule has 0 atom stereocenters. The van der Waals surface area contributed by atoms with E-state index < -0.39 is 0 Å². The Hall–Kier alpha value is -3.05. The number of amides is 1. The number of rotatable bonds is 5. The zero-order valence-electron chi connectivity index (χ0n) is 15.5. The summed E-state index contributed by atoms with van der Waals surface area (Å²) < 4.78 is 11.1. The van der Waals surface area contributed by atoms with Gasteiger partial charge in [-0.25, -0.2) is 0 Å². The average molecular weight is 397 g/mol. The third kappa shape index (κ3) is 4.26. The second-order valence-corrected chi connectivity index (χ2v) is 6.43. The van der Waals surface area contributed by atoms with Gasteiger partial charge in [-0.05, 0) is 60.0 Å². The molecule has 5 nitrogen and oxygen atoms in total. The van der Waals surface area contributed by atoms with E-state index in [1.807, 2.05) is 59.5 Å². The fraction of sp³-hybridized carbons (Fsp3) is 0.182. The first-order valence-electron chi connectivity index (χ1n) is 8.86. The van der Waals surface area contributed by atoms with E-state index in [1.165, 1.54) is 0 Å². The molecule has 0 saturated heterocycles. The van der Waals surface area contributed by atoms with Crippen molar-refractivity contribution in [1.29, 1.82) is 0 Å². The first kappa shape index (κ1) is 19.7. The van der Waals surface area contributed by atoms with Crippen LogP contribution in [0.1, 0.15) is 21.5 Å². The third-order valence-corrected chi connectivity index (χ3v) is 4.64. The number of nitrogens with zero attached hydrogens (tertiary/aromatic N) is 2. The van der Waals surface area contributed by atoms with Gasteiger partial charge in [-0.15, -0.1) is 12.4 Å². The highest BCUT2D eigenvalue weighted by Gasteiger charge is 2.25. The van der Waals surface area contributed by atoms with Gasteiger partial charge in [0.15, 0.2) is 0 Å². The van der Waals surface area contributed by atoms with Crippen LogP contribution in [0.15, 0.2) is 67.0 Å². The molecule has 0 N–H and O–H groups in total. The molecule has 4 rings (SSSR count). The maximum Gasteiger partial charge on any atom is 0.254 e. The van der Waals surface area contributed by atoms with Gasteiger partial charge in [0.05, 0.1) is 7.11 Å². The number of carbonyl (C=O) groups is 1. The Balaban J connectivity index is 0.00000225. The topological polar surface area (TPSA) is 51.7 Å². The van der Waals surface area contributed by atoms with Crippen LogP contribution in [0.25, 0.3) is 0 Å². The van der Waals surface area contributed by atoms with Gasteiger partial charge in [-0.3, -0.25) is 9.78 Å². The van der Waals surface area contributed by atoms with Crippen molar-refractivity contribution in [2.75, 3.05) is 13.7 Å². The highest BCUT2D eigenvalue weighted by atomic mass is 35.5. The van der Waals surface area contributed by atoms with E-state index in [2.05, 4.69) is 4.98 Å². The number of benzene rings is 2. The Kier molecular flexibility index (Phi) is 6.16. The molecule has 0 fully saturated rings. The molecule has 2 heterocycles. The zero-order chi connectivity index (χ0) is 18.6. The molecule has 3 aromatic rings. The fourth-order valence-electron chi connectivity index (χ4n) is 3.21. The Bertz CT molecular complexity index is 946. The molecule has 0 spiro atoms. The van der Waals surface area contributed by atoms with Crippen LogP contribution in [-0.2, 0) is 13.0 Å². The number of fused-ring (bicyclic) bond motifs is 1. The molecule has 1 amide bonds. The number of hydrogen-bond acceptors (Lipinski definition) is 4. The minimum Gasteiger partial charge on any atom is -0.497 e. The molecule has 1 aliphatic heterocycles. The standard InChI is InChI=1S/C22H20N2O3.ClH/c1-26-18-6-8-19(9-7-18)27-20-5-4-17-10-12-24(22(25)21(17)13-20)15-16-3-2-11-23-14-16;/h2-9,11,13-14H,10,12,15H2,1H3;1H. The lowest BCUT2D eigenvalue weighted by atomic mass is 9.98. The summed E-state index contributed by atoms with van der Waals surface area (Å²) in [4.78, 5) is 18.9. The molecule has 1 aliphatic rings. The van der Waals surface area contributed by atoms with Crippen molar-refractivity contribution in [3.63, 3.8) is 0 Å². The van der Waals surface area contributed by atoms with E-state index in [0.29, 0.717) is 30.2 Å². The smallest absolute Gasteiger partial charge is 0.254 e. The minimum absolute atomic E-state index is 0. The molecule has 0 radical (unpaired) electrons. The number of carbonyl (C=O) groups excluding carboxylic acids is 1. The van der Waals surface area contributed by atoms with Gasteiger partial charge in [0.25, 0.3) is 5.91 Å². The number of aromatic nitrogens is 1. The normalized spacial score (nSPS) is 12.8. The van der Waals surface area contributed by atoms with E-state index >= 15 is 0 Å². The van der Waals surface area contributed by atoms with Crippen molar-refractivity contribution < 1.29 is 14.3 Å². The highest BCUT2D eigenvalue weighted by Crippen LogP contribution is 2.28. The SMILES string of the molecule is COc1ccc(Oc2ccc3c(c2)C(=O)N(Cc2cccnc2)CC3)cc1.Cl. The largest absolute Gasteiger partial charge is 0.497 e. The molecule has 0 unspecified atom stereocenters. The Morgan fingerprint density at radius 2 is 1.79 bits per heavy atom. The second kappa shape index (κ2) is 8.76. The van der Waals surface area contributed by atoms with Gasteiger partial charge in [0.1, 0.15) is 17.2 Å². The van der Waals surface area contributed by atoms with Crippen LogP contribution in [0.2, 0.25) is 0 Å². The van der Waals surface area contributed by atoms with Gasteiger partial charge >= 0.3 is 0 Å². The maximum atomic E-state index is 12.9. The molecule has 2 aromatic carbocycles. The van der Waals surface area contributed by atoms with Gasteiger partial charge in [-0.1, -0.05) is 12.1 Å². The molecule has 0 aliphatic carbocycles. The Morgan fingerprint density at radius 1 is 1.04 bits per heavy atom. The van der Waals surface area contributed by atoms with Gasteiger partial charge in [0, 0.05) is 31.0 Å². The molecular formula is C22H21ClN2O3. The van der Waals surface area contributed by atoms with Gasteiger partial charge in [-0.2, -0.15) is 0 Å². The molecule has 1 aromatic heterocycles. The summed E-state index contributed by atoms with van der Waals surface area (Å²) in [5.74, 6) is 2.15. The van der Waals surface area contributed by atoms with Crippen LogP contribution >= 0.6 is 12.4 Å². The molecule has 28 heavy (non-hydrogen) atoms. The van der Waals surface area contributed by atoms with Crippen LogP contribution in [0.4, 0.5) is 0 Å². The minimum atomic E-state index is 0. The van der Waals surface area contributed by atoms with Crippen LogP contribution < -0.4 is 9.47 Å². The van der Waals surface area contributed by atoms with E-state index in [4.69, 9.17) is 9.47 Å². The monoisotopic (exact) mass is 396 g/mol. The summed E-state index contributed by atoms with van der Waals surface area (Å²) in [6.45, 7) is 1.27. The number of pyridine rings is 1. The van der Waals surface area contributed by atoms with Crippen molar-refractivity contribution in [3.8, 4) is 17.2 Å². The molecule has 6 heteroatoms. The van der Waals surface area contributed by atoms with Crippen molar-refractivity contribution in [1.82, 2.24) is 9.88 Å². The molecule has 0 bridgehead atoms. The lowest BCUT2D eigenvalue weighted by Crippen LogP contribution is -2.37. The molecule has 144 valence electrons. The predicted molar refractivity (Wildman–Crippen MR) is 109 cm³/mol. The van der Waals surface area contributed by atoms with Crippen molar-refractivity contribution in [3.05, 3.63) is 83.7 Å². The zero-order valence-corrected chi connectivity index (χ0v) is 16.3. The van der Waals surface area contributed by atoms with E-state index in [0.717, 1.165) is 23.3 Å². The van der Waals surface area contributed by atoms with Crippen LogP contribution in [-0.4, -0.2) is 29.4 Å². The third-order valence-electron chi connectivity index (χ3n) is 4.64. The van der Waals surface area contributed by atoms with E-state index in [9.17, 15) is 4.79 Å². The summed E-state index contributed by atoms with van der Waals surface area (Å²) >= 11 is 0. The number of ether oxygens (including phenoxy) is 2. The summed E-state index contributed by atoms with van der Waals surface area (Å²) in [6, 6.07) is 17.0. The quantitative estimate of drug-likeness (QED) is 0.637. The first-order chi connectivity index (χ1) is 13.2. The lowest BCUT2D eigenvalue weighted by molar-refractivity contribution is 0.0726. The van der Waals surface area contributed by atoms with Crippen molar-refractivity contribution >= 4 is 18.3 Å². The Morgan fingerprint density at radius 3 is 2.50 bits per heavy atom. The fourth-order valence-corrected chi connectivity index (χ4v) is 3.21. The lowest BCUT2D eigenvalue weighted by Gasteiger charge is -2.28. The van der Waals surface area contributed by atoms with Gasteiger partial charge in [0.2, 0.25) is 0 Å². The van der Waals surface area contributed by atoms with Crippen LogP contribution in [0.3, 0.4) is 0 Å². The summed E-state index contributed by atoms with van der Waals surface area (Å²) in [5.41, 5.74) is 2.79. The summed E-state index contributed by atoms with van der Waals surface area (Å²) in [7, 11) is 1.63. The van der Waals surface area contributed by atoms with Crippen LogP contribution in [0.5, 0.6) is 17.2 Å². The Labute approximate surface area is 170 Å². The van der Waals surface area contributed by atoms with Crippen LogP contribution in [0, 0.1) is 0 Å². The average Bonchev–Trinajstić information content (AvgIpc) is 2.72. The molecular weight excluding hydrogens is 376 g/mol. The highest BCUT2D eigenvalue weighted by molar-refractivity contribution is 5.97. The molecule has 0 saturated carbocycles. The first-order valence-corrected chi connectivity index (χ1v) is 8.86. The van der Waals surface area contributed by atoms with E-state index in [-0.39, 0.29) is 18.3 Å². The predicted octanol–water partition coefficient (Wildman–Crippen LogP) is 4.50. The number of methoxy groups -OCH3 is 1. The summed E-state index contributed by atoms with van der Waals surface area (Å²) in [5, 5.41) is 0. The summed E-state index contributed by atoms with van der Waals surface area (Å²) in [6.07, 6.45) is 4.37. The maximum absolute atomic E-state index is 12.9.